The summed E-state index contributed by atoms with van der Waals surface area (Å²) in [6.45, 7) is 4.68. The van der Waals surface area contributed by atoms with Crippen LogP contribution in [0.25, 0.3) is 11.2 Å². The Morgan fingerprint density at radius 3 is 2.56 bits per heavy atom. The highest BCUT2D eigenvalue weighted by molar-refractivity contribution is 6.30. The smallest absolute Gasteiger partial charge is 0.325 e. The molecule has 0 amide bonds. The summed E-state index contributed by atoms with van der Waals surface area (Å²) < 4.78 is 4.66. The molecule has 0 atom stereocenters. The van der Waals surface area contributed by atoms with Crippen LogP contribution in [0.1, 0.15) is 31.7 Å². The Balaban J connectivity index is 2.30. The second-order valence-electron chi connectivity index (χ2n) is 6.07. The van der Waals surface area contributed by atoms with Crippen LogP contribution in [-0.4, -0.2) is 18.7 Å². The molecule has 0 unspecified atom stereocenters. The molecule has 0 aliphatic heterocycles. The van der Waals surface area contributed by atoms with Crippen LogP contribution >= 0.6 is 11.6 Å². The molecule has 3 rings (SSSR count). The largest absolute Gasteiger partial charge is 0.333 e. The molecule has 0 N–H and O–H groups in total. The van der Waals surface area contributed by atoms with Crippen LogP contribution in [-0.2, 0) is 26.6 Å². The normalized spacial score (nSPS) is 11.4. The number of halogens is 1. The number of fused-ring (bicyclic) bond motifs is 1. The molecule has 132 valence electrons. The predicted molar refractivity (Wildman–Crippen MR) is 99.5 cm³/mol. The first kappa shape index (κ1) is 17.5. The fraction of sp³-hybridized carbons (Fsp3) is 0.389. The van der Waals surface area contributed by atoms with Crippen LogP contribution in [0.5, 0.6) is 0 Å². The molecule has 7 heteroatoms. The first-order valence-corrected chi connectivity index (χ1v) is 8.79. The van der Waals surface area contributed by atoms with E-state index in [9.17, 15) is 9.59 Å². The number of imidazole rings is 1. The maximum absolute atomic E-state index is 13.0. The van der Waals surface area contributed by atoms with Crippen molar-refractivity contribution in [1.82, 2.24) is 18.7 Å². The van der Waals surface area contributed by atoms with Gasteiger partial charge in [0.05, 0.1) is 6.54 Å². The van der Waals surface area contributed by atoms with E-state index in [0.717, 1.165) is 17.8 Å². The lowest BCUT2D eigenvalue weighted by molar-refractivity contribution is 0.588. The third-order valence-electron chi connectivity index (χ3n) is 4.33. The van der Waals surface area contributed by atoms with Gasteiger partial charge in [0, 0.05) is 25.0 Å². The fourth-order valence-electron chi connectivity index (χ4n) is 3.11. The van der Waals surface area contributed by atoms with E-state index in [2.05, 4.69) is 4.98 Å². The Kier molecular flexibility index (Phi) is 4.81. The van der Waals surface area contributed by atoms with Crippen molar-refractivity contribution < 1.29 is 0 Å². The van der Waals surface area contributed by atoms with Crippen LogP contribution in [0, 0.1) is 0 Å². The fourth-order valence-corrected chi connectivity index (χ4v) is 3.32. The maximum Gasteiger partial charge on any atom is 0.333 e. The van der Waals surface area contributed by atoms with E-state index in [1.54, 1.807) is 21.3 Å². The lowest BCUT2D eigenvalue weighted by Gasteiger charge is -2.11. The molecule has 0 bridgehead atoms. The molecule has 0 saturated heterocycles. The highest BCUT2D eigenvalue weighted by Gasteiger charge is 2.19. The zero-order valence-corrected chi connectivity index (χ0v) is 15.4. The summed E-state index contributed by atoms with van der Waals surface area (Å²) in [4.78, 5) is 30.5. The first-order chi connectivity index (χ1) is 12.0. The minimum absolute atomic E-state index is 0.185. The van der Waals surface area contributed by atoms with Crippen molar-refractivity contribution in [2.24, 2.45) is 7.05 Å². The molecular formula is C18H21ClN4O2. The van der Waals surface area contributed by atoms with E-state index in [1.165, 1.54) is 4.57 Å². The molecule has 0 spiro atoms. The molecular weight excluding hydrogens is 340 g/mol. The van der Waals surface area contributed by atoms with Crippen LogP contribution in [0.4, 0.5) is 0 Å². The summed E-state index contributed by atoms with van der Waals surface area (Å²) in [5, 5.41) is 0.578. The summed E-state index contributed by atoms with van der Waals surface area (Å²) in [5.74, 6) is 0.789. The summed E-state index contributed by atoms with van der Waals surface area (Å²) >= 11 is 6.03. The molecule has 0 saturated carbocycles. The Labute approximate surface area is 150 Å². The number of nitrogens with zero attached hydrogens (tertiary/aromatic N) is 4. The van der Waals surface area contributed by atoms with Crippen LogP contribution < -0.4 is 11.2 Å². The third kappa shape index (κ3) is 3.02. The minimum Gasteiger partial charge on any atom is -0.325 e. The van der Waals surface area contributed by atoms with Crippen LogP contribution in [0.3, 0.4) is 0 Å². The zero-order valence-electron chi connectivity index (χ0n) is 14.6. The molecule has 2 heterocycles. The molecule has 2 aromatic heterocycles. The van der Waals surface area contributed by atoms with Crippen molar-refractivity contribution in [3.63, 3.8) is 0 Å². The van der Waals surface area contributed by atoms with Crippen molar-refractivity contribution in [2.45, 2.75) is 39.8 Å². The van der Waals surface area contributed by atoms with Crippen LogP contribution in [0.2, 0.25) is 5.02 Å². The Morgan fingerprint density at radius 2 is 1.92 bits per heavy atom. The van der Waals surface area contributed by atoms with Gasteiger partial charge in [0.25, 0.3) is 5.56 Å². The molecule has 3 aromatic rings. The molecule has 0 aliphatic rings. The number of aromatic nitrogens is 4. The number of benzene rings is 1. The number of aryl methyl sites for hydroxylation is 3. The minimum atomic E-state index is -0.333. The van der Waals surface area contributed by atoms with Gasteiger partial charge in [0.15, 0.2) is 11.2 Å². The molecule has 0 aliphatic carbocycles. The quantitative estimate of drug-likeness (QED) is 0.702. The topological polar surface area (TPSA) is 61.8 Å². The van der Waals surface area contributed by atoms with Crippen LogP contribution in [0.15, 0.2) is 33.9 Å². The first-order valence-electron chi connectivity index (χ1n) is 8.41. The summed E-state index contributed by atoms with van der Waals surface area (Å²) in [6, 6.07) is 7.20. The summed E-state index contributed by atoms with van der Waals surface area (Å²) in [6.07, 6.45) is 1.47. The van der Waals surface area contributed by atoms with Gasteiger partial charge in [0.1, 0.15) is 5.82 Å². The zero-order chi connectivity index (χ0) is 18.1. The Bertz CT molecular complexity index is 1050. The number of hydrogen-bond donors (Lipinski definition) is 0. The van der Waals surface area contributed by atoms with E-state index >= 15 is 0 Å². The Hall–Kier alpha value is -2.34. The van der Waals surface area contributed by atoms with E-state index in [-0.39, 0.29) is 17.8 Å². The van der Waals surface area contributed by atoms with Crippen molar-refractivity contribution in [3.05, 3.63) is 61.5 Å². The lowest BCUT2D eigenvalue weighted by Crippen LogP contribution is -2.40. The van der Waals surface area contributed by atoms with Gasteiger partial charge >= 0.3 is 5.69 Å². The maximum atomic E-state index is 13.0. The second kappa shape index (κ2) is 6.88. The van der Waals surface area contributed by atoms with Gasteiger partial charge in [-0.2, -0.15) is 0 Å². The summed E-state index contributed by atoms with van der Waals surface area (Å²) in [5.41, 5.74) is 1.10. The van der Waals surface area contributed by atoms with Gasteiger partial charge in [-0.05, 0) is 24.1 Å². The number of rotatable bonds is 5. The molecule has 0 fully saturated rings. The SMILES string of the molecule is CCCn1c(=O)n(Cc2cccc(Cl)c2)c(=O)c2c1nc(CC)n2C. The van der Waals surface area contributed by atoms with Gasteiger partial charge in [-0.3, -0.25) is 13.9 Å². The second-order valence-corrected chi connectivity index (χ2v) is 6.50. The van der Waals surface area contributed by atoms with Crippen molar-refractivity contribution in [1.29, 1.82) is 0 Å². The highest BCUT2D eigenvalue weighted by atomic mass is 35.5. The average molecular weight is 361 g/mol. The Morgan fingerprint density at radius 1 is 1.16 bits per heavy atom. The van der Waals surface area contributed by atoms with Gasteiger partial charge in [-0.25, -0.2) is 9.78 Å². The third-order valence-corrected chi connectivity index (χ3v) is 4.56. The van der Waals surface area contributed by atoms with Gasteiger partial charge in [-0.15, -0.1) is 0 Å². The number of hydrogen-bond acceptors (Lipinski definition) is 3. The van der Waals surface area contributed by atoms with Gasteiger partial charge < -0.3 is 4.57 Å². The predicted octanol–water partition coefficient (Wildman–Crippen LogP) is 2.57. The van der Waals surface area contributed by atoms with Gasteiger partial charge in [0.2, 0.25) is 0 Å². The molecule has 0 radical (unpaired) electrons. The standard InChI is InChI=1S/C18H21ClN4O2/c1-4-9-22-16-15(21(3)14(5-2)20-16)17(24)23(18(22)25)11-12-7-6-8-13(19)10-12/h6-8,10H,4-5,9,11H2,1-3H3. The monoisotopic (exact) mass is 360 g/mol. The molecule has 25 heavy (non-hydrogen) atoms. The van der Waals surface area contributed by atoms with E-state index in [1.807, 2.05) is 33.0 Å². The van der Waals surface area contributed by atoms with Gasteiger partial charge in [-0.1, -0.05) is 37.6 Å². The van der Waals surface area contributed by atoms with Crippen molar-refractivity contribution in [2.75, 3.05) is 0 Å². The van der Waals surface area contributed by atoms with E-state index in [4.69, 9.17) is 11.6 Å². The molecule has 6 nitrogen and oxygen atoms in total. The summed E-state index contributed by atoms with van der Waals surface area (Å²) in [7, 11) is 1.82. The average Bonchev–Trinajstić information content (AvgIpc) is 2.92. The highest BCUT2D eigenvalue weighted by Crippen LogP contribution is 2.13. The van der Waals surface area contributed by atoms with E-state index in [0.29, 0.717) is 29.2 Å². The molecule has 1 aromatic carbocycles. The van der Waals surface area contributed by atoms with Crippen molar-refractivity contribution >= 4 is 22.8 Å². The lowest BCUT2D eigenvalue weighted by atomic mass is 10.2. The van der Waals surface area contributed by atoms with E-state index < -0.39 is 0 Å². The van der Waals surface area contributed by atoms with Crippen molar-refractivity contribution in [3.8, 4) is 0 Å².